The zero-order chi connectivity index (χ0) is 43.1. The van der Waals surface area contributed by atoms with Gasteiger partial charge in [-0.3, -0.25) is 4.79 Å². The molecular weight excluding hydrogens is 748 g/mol. The Morgan fingerprint density at radius 3 is 2.12 bits per heavy atom. The van der Waals surface area contributed by atoms with Gasteiger partial charge >= 0.3 is 11.9 Å². The smallest absolute Gasteiger partial charge is 0.338 e. The Kier molecular flexibility index (Phi) is 17.6. The third-order valence-electron chi connectivity index (χ3n) is 10.8. The van der Waals surface area contributed by atoms with Crippen molar-refractivity contribution in [2.24, 2.45) is 11.8 Å². The molecule has 2 aliphatic rings. The number of hydrogen-bond donors (Lipinski definition) is 5. The lowest BCUT2D eigenvalue weighted by Crippen LogP contribution is -2.67. The second-order valence-corrected chi connectivity index (χ2v) is 18.0. The molecule has 0 radical (unpaired) electrons. The van der Waals surface area contributed by atoms with Crippen LogP contribution in [-0.2, 0) is 54.1 Å². The number of carbonyl (C=O) groups is 2. The van der Waals surface area contributed by atoms with Gasteiger partial charge < -0.3 is 67.8 Å². The topological polar surface area (TPSA) is 222 Å². The van der Waals surface area contributed by atoms with Crippen molar-refractivity contribution in [1.82, 2.24) is 0 Å². The maximum atomic E-state index is 13.5. The van der Waals surface area contributed by atoms with Gasteiger partial charge in [0, 0.05) is 6.61 Å². The second kappa shape index (κ2) is 20.4. The normalized spacial score (nSPS) is 26.0. The Hall–Kier alpha value is -2.22. The van der Waals surface area contributed by atoms with E-state index in [9.17, 15) is 35.1 Å². The summed E-state index contributed by atoms with van der Waals surface area (Å²) in [5.41, 5.74) is -4.83. The van der Waals surface area contributed by atoms with Gasteiger partial charge in [0.15, 0.2) is 6.10 Å². The molecule has 0 amide bonds. The molecule has 0 bridgehead atoms. The minimum absolute atomic E-state index is 0.0249. The molecule has 57 heavy (non-hydrogen) atoms. The second-order valence-electron chi connectivity index (χ2n) is 18.0. The van der Waals surface area contributed by atoms with Gasteiger partial charge in [0.2, 0.25) is 0 Å². The van der Waals surface area contributed by atoms with Crippen molar-refractivity contribution in [3.63, 3.8) is 0 Å². The van der Waals surface area contributed by atoms with Gasteiger partial charge in [-0.25, -0.2) is 4.79 Å². The van der Waals surface area contributed by atoms with Gasteiger partial charge in [-0.05, 0) is 100 Å². The van der Waals surface area contributed by atoms with E-state index in [1.165, 1.54) is 6.26 Å². The molecule has 16 nitrogen and oxygen atoms in total. The molecule has 8 unspecified atom stereocenters. The summed E-state index contributed by atoms with van der Waals surface area (Å²) in [6.45, 7) is 20.0. The monoisotopic (exact) mass is 818 g/mol. The van der Waals surface area contributed by atoms with E-state index in [2.05, 4.69) is 0 Å². The van der Waals surface area contributed by atoms with Crippen molar-refractivity contribution < 1.29 is 77.4 Å². The van der Waals surface area contributed by atoms with Gasteiger partial charge in [-0.2, -0.15) is 0 Å². The molecule has 0 aromatic carbocycles. The molecule has 0 spiro atoms. The molecule has 330 valence electrons. The zero-order valence-corrected chi connectivity index (χ0v) is 35.8. The molecule has 0 aliphatic carbocycles. The van der Waals surface area contributed by atoms with E-state index in [1.807, 2.05) is 13.8 Å². The van der Waals surface area contributed by atoms with Gasteiger partial charge in [-0.15, -0.1) is 0 Å². The SMILES string of the molecule is CC(C)OC(C)(C)C(C(=O)OCC1CCCO1)C(O)C(O)[C@@H](CO)OC(C)(C)COC(C)(C)C1OC(C(=O)OCc2ccco2)[C@@H](OC(C)(C)C(C)C)C(O)C1O. The van der Waals surface area contributed by atoms with Crippen LogP contribution in [0, 0.1) is 11.8 Å². The minimum atomic E-state index is -1.80. The molecule has 5 N–H and O–H groups in total. The molecule has 3 heterocycles. The van der Waals surface area contributed by atoms with Gasteiger partial charge in [0.1, 0.15) is 61.5 Å². The standard InChI is InChI=1S/C41H70O16/c1-23(2)39(7,8)57-33-31(45)32(46)35(54-34(33)37(48)52-21-26-16-14-18-50-26)41(11,12)53-22-38(5,6)56-27(19-42)29(43)30(44)28(40(9,10)55-24(3)4)36(47)51-20-25-15-13-17-49-25/h14,16,18,23-25,27-35,42-46H,13,15,17,19-22H2,1-12H3/t25?,27-,28?,29?,30?,31?,32?,33+,34?,35?/m1/s1. The average Bonchev–Trinajstić information content (AvgIpc) is 3.84. The van der Waals surface area contributed by atoms with Crippen LogP contribution in [0.3, 0.4) is 0 Å². The average molecular weight is 819 g/mol. The zero-order valence-electron chi connectivity index (χ0n) is 35.8. The minimum Gasteiger partial charge on any atom is -0.466 e. The van der Waals surface area contributed by atoms with Crippen LogP contribution in [-0.4, -0.2) is 147 Å². The Morgan fingerprint density at radius 2 is 1.58 bits per heavy atom. The lowest BCUT2D eigenvalue weighted by atomic mass is 9.82. The highest BCUT2D eigenvalue weighted by molar-refractivity contribution is 5.76. The Morgan fingerprint density at radius 1 is 0.912 bits per heavy atom. The molecule has 3 rings (SSSR count). The van der Waals surface area contributed by atoms with E-state index in [4.69, 9.17) is 42.3 Å². The highest BCUT2D eigenvalue weighted by Crippen LogP contribution is 2.37. The van der Waals surface area contributed by atoms with Crippen LogP contribution in [0.1, 0.15) is 102 Å². The molecule has 10 atom stereocenters. The maximum Gasteiger partial charge on any atom is 0.338 e. The first kappa shape index (κ1) is 49.1. The molecule has 16 heteroatoms. The number of ether oxygens (including phenoxy) is 8. The Balaban J connectivity index is 1.77. The number of furan rings is 1. The first-order valence-electron chi connectivity index (χ1n) is 20.0. The van der Waals surface area contributed by atoms with Crippen LogP contribution < -0.4 is 0 Å². The Labute approximate surface area is 337 Å². The number of hydrogen-bond acceptors (Lipinski definition) is 16. The predicted molar refractivity (Wildman–Crippen MR) is 205 cm³/mol. The molecular formula is C41H70O16. The van der Waals surface area contributed by atoms with E-state index in [0.717, 1.165) is 12.8 Å². The van der Waals surface area contributed by atoms with E-state index >= 15 is 0 Å². The van der Waals surface area contributed by atoms with Gasteiger partial charge in [0.25, 0.3) is 0 Å². The van der Waals surface area contributed by atoms with E-state index < -0.39 is 95.7 Å². The molecule has 0 saturated carbocycles. The third-order valence-corrected chi connectivity index (χ3v) is 10.8. The van der Waals surface area contributed by atoms with Crippen LogP contribution in [0.2, 0.25) is 0 Å². The highest BCUT2D eigenvalue weighted by Gasteiger charge is 2.55. The number of aliphatic hydroxyl groups is 5. The van der Waals surface area contributed by atoms with Crippen LogP contribution in [0.25, 0.3) is 0 Å². The Bertz CT molecular complexity index is 1370. The highest BCUT2D eigenvalue weighted by atomic mass is 16.6. The first-order valence-corrected chi connectivity index (χ1v) is 20.0. The van der Waals surface area contributed by atoms with Crippen LogP contribution in [0.4, 0.5) is 0 Å². The summed E-state index contributed by atoms with van der Waals surface area (Å²) in [5.74, 6) is -2.69. The van der Waals surface area contributed by atoms with Crippen molar-refractivity contribution in [1.29, 1.82) is 0 Å². The van der Waals surface area contributed by atoms with Gasteiger partial charge in [0.05, 0.1) is 60.2 Å². The maximum absolute atomic E-state index is 13.5. The molecule has 1 aromatic heterocycles. The lowest BCUT2D eigenvalue weighted by molar-refractivity contribution is -0.295. The third kappa shape index (κ3) is 13.4. The van der Waals surface area contributed by atoms with E-state index in [-0.39, 0.29) is 37.9 Å². The number of carbonyl (C=O) groups excluding carboxylic acids is 2. The summed E-state index contributed by atoms with van der Waals surface area (Å²) in [4.78, 5) is 27.1. The summed E-state index contributed by atoms with van der Waals surface area (Å²) < 4.78 is 52.8. The van der Waals surface area contributed by atoms with Crippen molar-refractivity contribution in [2.45, 2.75) is 186 Å². The fraction of sp³-hybridized carbons (Fsp3) is 0.854. The number of rotatable bonds is 22. The molecule has 2 fully saturated rings. The fourth-order valence-electron chi connectivity index (χ4n) is 6.94. The van der Waals surface area contributed by atoms with Crippen molar-refractivity contribution >= 4 is 11.9 Å². The molecule has 1 aromatic rings. The predicted octanol–water partition coefficient (Wildman–Crippen LogP) is 2.85. The van der Waals surface area contributed by atoms with Gasteiger partial charge in [-0.1, -0.05) is 13.8 Å². The summed E-state index contributed by atoms with van der Waals surface area (Å²) in [6, 6.07) is 3.28. The largest absolute Gasteiger partial charge is 0.466 e. The van der Waals surface area contributed by atoms with E-state index in [1.54, 1.807) is 81.4 Å². The summed E-state index contributed by atoms with van der Waals surface area (Å²) in [7, 11) is 0. The lowest BCUT2D eigenvalue weighted by Gasteiger charge is -2.49. The summed E-state index contributed by atoms with van der Waals surface area (Å²) in [6.07, 6.45) is -9.88. The number of aliphatic hydroxyl groups excluding tert-OH is 5. The van der Waals surface area contributed by atoms with Crippen molar-refractivity contribution in [3.05, 3.63) is 24.2 Å². The van der Waals surface area contributed by atoms with Crippen molar-refractivity contribution in [3.8, 4) is 0 Å². The first-order chi connectivity index (χ1) is 26.3. The summed E-state index contributed by atoms with van der Waals surface area (Å²) in [5, 5.41) is 56.3. The quantitative estimate of drug-likeness (QED) is 0.106. The van der Waals surface area contributed by atoms with Crippen LogP contribution >= 0.6 is 0 Å². The van der Waals surface area contributed by atoms with Crippen LogP contribution in [0.5, 0.6) is 0 Å². The molecule has 2 saturated heterocycles. The number of esters is 2. The van der Waals surface area contributed by atoms with Crippen LogP contribution in [0.15, 0.2) is 22.8 Å². The van der Waals surface area contributed by atoms with Crippen molar-refractivity contribution in [2.75, 3.05) is 26.4 Å². The van der Waals surface area contributed by atoms with E-state index in [0.29, 0.717) is 12.4 Å². The summed E-state index contributed by atoms with van der Waals surface area (Å²) >= 11 is 0. The fourth-order valence-corrected chi connectivity index (χ4v) is 6.94. The molecule has 2 aliphatic heterocycles.